The second-order valence-corrected chi connectivity index (χ2v) is 4.46. The lowest BCUT2D eigenvalue weighted by molar-refractivity contribution is 0.360. The van der Waals surface area contributed by atoms with Crippen molar-refractivity contribution < 1.29 is 4.52 Å². The SMILES string of the molecule is Cc1noc(Cn2ncc3ccsc3c2=O)n1. The van der Waals surface area contributed by atoms with E-state index < -0.39 is 0 Å². The van der Waals surface area contributed by atoms with Gasteiger partial charge in [-0.15, -0.1) is 11.3 Å². The van der Waals surface area contributed by atoms with E-state index in [1.165, 1.54) is 16.0 Å². The summed E-state index contributed by atoms with van der Waals surface area (Å²) in [5.41, 5.74) is -0.131. The van der Waals surface area contributed by atoms with Crippen LogP contribution in [-0.4, -0.2) is 19.9 Å². The van der Waals surface area contributed by atoms with Crippen molar-refractivity contribution in [1.29, 1.82) is 0 Å². The largest absolute Gasteiger partial charge is 0.337 e. The minimum Gasteiger partial charge on any atom is -0.337 e. The molecular formula is C10H8N4O2S. The predicted molar refractivity (Wildman–Crippen MR) is 62.0 cm³/mol. The van der Waals surface area contributed by atoms with Gasteiger partial charge in [-0.3, -0.25) is 4.79 Å². The number of rotatable bonds is 2. The Morgan fingerprint density at radius 1 is 1.53 bits per heavy atom. The Hall–Kier alpha value is -2.02. The number of hydrogen-bond donors (Lipinski definition) is 0. The van der Waals surface area contributed by atoms with E-state index in [1.54, 1.807) is 13.1 Å². The minimum absolute atomic E-state index is 0.131. The Kier molecular flexibility index (Phi) is 2.25. The molecule has 0 atom stereocenters. The molecule has 0 N–H and O–H groups in total. The van der Waals surface area contributed by atoms with Crippen molar-refractivity contribution in [3.05, 3.63) is 39.7 Å². The number of aryl methyl sites for hydroxylation is 1. The maximum absolute atomic E-state index is 12.0. The zero-order valence-electron chi connectivity index (χ0n) is 8.95. The summed E-state index contributed by atoms with van der Waals surface area (Å²) in [5, 5.41) is 10.5. The third-order valence-electron chi connectivity index (χ3n) is 2.32. The minimum atomic E-state index is -0.131. The van der Waals surface area contributed by atoms with Gasteiger partial charge in [-0.25, -0.2) is 4.68 Å². The first-order valence-electron chi connectivity index (χ1n) is 4.96. The van der Waals surface area contributed by atoms with Crippen molar-refractivity contribution in [3.63, 3.8) is 0 Å². The van der Waals surface area contributed by atoms with E-state index in [4.69, 9.17) is 4.52 Å². The number of thiophene rings is 1. The average Bonchev–Trinajstić information content (AvgIpc) is 2.92. The summed E-state index contributed by atoms with van der Waals surface area (Å²) in [6.45, 7) is 1.93. The molecule has 0 aromatic carbocycles. The molecule has 0 amide bonds. The van der Waals surface area contributed by atoms with Crippen LogP contribution in [-0.2, 0) is 6.54 Å². The highest BCUT2D eigenvalue weighted by atomic mass is 32.1. The maximum atomic E-state index is 12.0. The zero-order valence-corrected chi connectivity index (χ0v) is 9.77. The molecule has 0 radical (unpaired) electrons. The molecule has 0 saturated carbocycles. The van der Waals surface area contributed by atoms with Crippen LogP contribution in [0, 0.1) is 6.92 Å². The summed E-state index contributed by atoms with van der Waals surface area (Å²) < 4.78 is 6.98. The molecule has 7 heteroatoms. The van der Waals surface area contributed by atoms with Gasteiger partial charge in [0.2, 0.25) is 5.89 Å². The Morgan fingerprint density at radius 2 is 2.41 bits per heavy atom. The predicted octanol–water partition coefficient (Wildman–Crippen LogP) is 1.20. The Morgan fingerprint density at radius 3 is 3.18 bits per heavy atom. The molecule has 3 heterocycles. The van der Waals surface area contributed by atoms with Gasteiger partial charge in [0.15, 0.2) is 5.82 Å². The zero-order chi connectivity index (χ0) is 11.8. The van der Waals surface area contributed by atoms with Crippen molar-refractivity contribution in [2.75, 3.05) is 0 Å². The molecule has 3 rings (SSSR count). The highest BCUT2D eigenvalue weighted by Crippen LogP contribution is 2.14. The molecule has 0 aliphatic heterocycles. The van der Waals surface area contributed by atoms with E-state index in [0.717, 1.165) is 5.39 Å². The summed E-state index contributed by atoms with van der Waals surface area (Å²) in [7, 11) is 0. The van der Waals surface area contributed by atoms with E-state index in [9.17, 15) is 4.79 Å². The highest BCUT2D eigenvalue weighted by Gasteiger charge is 2.09. The van der Waals surface area contributed by atoms with Gasteiger partial charge in [0, 0.05) is 5.39 Å². The van der Waals surface area contributed by atoms with E-state index in [0.29, 0.717) is 16.4 Å². The van der Waals surface area contributed by atoms with Crippen molar-refractivity contribution >= 4 is 21.4 Å². The van der Waals surface area contributed by atoms with Gasteiger partial charge in [-0.05, 0) is 18.4 Å². The van der Waals surface area contributed by atoms with Crippen LogP contribution in [0.4, 0.5) is 0 Å². The summed E-state index contributed by atoms with van der Waals surface area (Å²) in [6, 6.07) is 1.87. The van der Waals surface area contributed by atoms with Gasteiger partial charge in [0.05, 0.1) is 6.20 Å². The van der Waals surface area contributed by atoms with Crippen molar-refractivity contribution in [2.24, 2.45) is 0 Å². The molecule has 0 aliphatic carbocycles. The van der Waals surface area contributed by atoms with Crippen molar-refractivity contribution in [3.8, 4) is 0 Å². The van der Waals surface area contributed by atoms with Crippen LogP contribution in [0.5, 0.6) is 0 Å². The van der Waals surface area contributed by atoms with Crippen LogP contribution < -0.4 is 5.56 Å². The Labute approximate surface area is 99.5 Å². The molecule has 0 bridgehead atoms. The smallest absolute Gasteiger partial charge is 0.285 e. The van der Waals surface area contributed by atoms with Gasteiger partial charge < -0.3 is 4.52 Å². The molecule has 0 aliphatic rings. The normalized spacial score (nSPS) is 11.1. The van der Waals surface area contributed by atoms with E-state index >= 15 is 0 Å². The molecule has 0 spiro atoms. The van der Waals surface area contributed by atoms with E-state index in [-0.39, 0.29) is 12.1 Å². The Balaban J connectivity index is 2.06. The second kappa shape index (κ2) is 3.77. The fourth-order valence-corrected chi connectivity index (χ4v) is 2.35. The summed E-state index contributed by atoms with van der Waals surface area (Å²) in [4.78, 5) is 16.1. The van der Waals surface area contributed by atoms with Gasteiger partial charge >= 0.3 is 0 Å². The first kappa shape index (κ1) is 10.2. The van der Waals surface area contributed by atoms with Gasteiger partial charge in [0.1, 0.15) is 11.2 Å². The van der Waals surface area contributed by atoms with Crippen LogP contribution in [0.25, 0.3) is 10.1 Å². The first-order chi connectivity index (χ1) is 8.24. The van der Waals surface area contributed by atoms with Crippen LogP contribution in [0.2, 0.25) is 0 Å². The third-order valence-corrected chi connectivity index (χ3v) is 3.23. The average molecular weight is 248 g/mol. The van der Waals surface area contributed by atoms with Gasteiger partial charge in [-0.2, -0.15) is 10.1 Å². The van der Waals surface area contributed by atoms with Crippen molar-refractivity contribution in [2.45, 2.75) is 13.5 Å². The van der Waals surface area contributed by atoms with Crippen LogP contribution >= 0.6 is 11.3 Å². The second-order valence-electron chi connectivity index (χ2n) is 3.55. The number of fused-ring (bicyclic) bond motifs is 1. The lowest BCUT2D eigenvalue weighted by Crippen LogP contribution is -2.22. The summed E-state index contributed by atoms with van der Waals surface area (Å²) in [5.74, 6) is 0.929. The lowest BCUT2D eigenvalue weighted by Gasteiger charge is -1.99. The topological polar surface area (TPSA) is 73.8 Å². The molecule has 0 saturated heterocycles. The number of hydrogen-bond acceptors (Lipinski definition) is 6. The molecule has 6 nitrogen and oxygen atoms in total. The van der Waals surface area contributed by atoms with Crippen LogP contribution in [0.3, 0.4) is 0 Å². The van der Waals surface area contributed by atoms with Crippen LogP contribution in [0.15, 0.2) is 27.0 Å². The molecule has 0 fully saturated rings. The fourth-order valence-electron chi connectivity index (χ4n) is 1.54. The monoisotopic (exact) mass is 248 g/mol. The first-order valence-corrected chi connectivity index (χ1v) is 5.84. The molecule has 3 aromatic heterocycles. The highest BCUT2D eigenvalue weighted by molar-refractivity contribution is 7.17. The quantitative estimate of drug-likeness (QED) is 0.681. The molecule has 0 unspecified atom stereocenters. The number of nitrogens with zero attached hydrogens (tertiary/aromatic N) is 4. The lowest BCUT2D eigenvalue weighted by atomic mass is 10.4. The Bertz CT molecular complexity index is 727. The van der Waals surface area contributed by atoms with Crippen LogP contribution in [0.1, 0.15) is 11.7 Å². The van der Waals surface area contributed by atoms with Gasteiger partial charge in [-0.1, -0.05) is 5.16 Å². The summed E-state index contributed by atoms with van der Waals surface area (Å²) in [6.07, 6.45) is 1.66. The van der Waals surface area contributed by atoms with Crippen molar-refractivity contribution in [1.82, 2.24) is 19.9 Å². The standard InChI is InChI=1S/C10H8N4O2S/c1-6-12-8(16-13-6)5-14-10(15)9-7(4-11-14)2-3-17-9/h2-4H,5H2,1H3. The maximum Gasteiger partial charge on any atom is 0.285 e. The van der Waals surface area contributed by atoms with E-state index in [1.807, 2.05) is 11.4 Å². The fraction of sp³-hybridized carbons (Fsp3) is 0.200. The third kappa shape index (κ3) is 1.74. The molecule has 3 aromatic rings. The molecule has 17 heavy (non-hydrogen) atoms. The summed E-state index contributed by atoms with van der Waals surface area (Å²) >= 11 is 1.40. The van der Waals surface area contributed by atoms with Gasteiger partial charge in [0.25, 0.3) is 5.56 Å². The molecule has 86 valence electrons. The number of aromatic nitrogens is 4. The molecular weight excluding hydrogens is 240 g/mol. The van der Waals surface area contributed by atoms with E-state index in [2.05, 4.69) is 15.2 Å².